The van der Waals surface area contributed by atoms with Crippen molar-refractivity contribution in [3.8, 4) is 11.5 Å². The number of amides is 1. The van der Waals surface area contributed by atoms with Crippen LogP contribution >= 0.6 is 0 Å². The molecule has 0 aliphatic carbocycles. The maximum absolute atomic E-state index is 12.8. The first-order valence-corrected chi connectivity index (χ1v) is 10.8. The van der Waals surface area contributed by atoms with Crippen molar-refractivity contribution >= 4 is 5.91 Å². The Balaban J connectivity index is 1.48. The van der Waals surface area contributed by atoms with E-state index in [-0.39, 0.29) is 12.3 Å². The summed E-state index contributed by atoms with van der Waals surface area (Å²) in [7, 11) is 0. The zero-order valence-electron chi connectivity index (χ0n) is 17.9. The average molecular weight is 427 g/mol. The van der Waals surface area contributed by atoms with E-state index in [0.717, 1.165) is 24.2 Å². The van der Waals surface area contributed by atoms with Crippen molar-refractivity contribution in [3.63, 3.8) is 0 Å². The number of hydrogen-bond acceptors (Lipinski definition) is 6. The first kappa shape index (κ1) is 21.6. The highest BCUT2D eigenvalue weighted by atomic mass is 16.6. The molecular weight excluding hydrogens is 396 g/mol. The number of carbonyl (C=O) groups is 1. The van der Waals surface area contributed by atoms with E-state index in [2.05, 4.69) is 10.2 Å². The van der Waals surface area contributed by atoms with Crippen molar-refractivity contribution < 1.29 is 24.1 Å². The second-order valence-corrected chi connectivity index (χ2v) is 8.10. The van der Waals surface area contributed by atoms with Gasteiger partial charge in [0.1, 0.15) is 19.3 Å². The molecule has 0 unspecified atom stereocenters. The predicted molar refractivity (Wildman–Crippen MR) is 116 cm³/mol. The third-order valence-corrected chi connectivity index (χ3v) is 5.68. The van der Waals surface area contributed by atoms with Gasteiger partial charge in [-0.05, 0) is 30.2 Å². The lowest BCUT2D eigenvalue weighted by molar-refractivity contribution is -0.122. The van der Waals surface area contributed by atoms with Crippen LogP contribution in [0.15, 0.2) is 42.5 Å². The Bertz CT molecular complexity index is 880. The van der Waals surface area contributed by atoms with Gasteiger partial charge in [-0.2, -0.15) is 0 Å². The maximum Gasteiger partial charge on any atom is 0.224 e. The normalized spacial score (nSPS) is 18.3. The SMILES string of the molecule is Cc1ccc(CC(=O)N[C@H](CN2CCOCC2)[C@H](O)c2ccc3c(c2)OCCO3)cc1. The minimum atomic E-state index is -0.874. The van der Waals surface area contributed by atoms with Crippen LogP contribution < -0.4 is 14.8 Å². The number of aliphatic hydroxyl groups excluding tert-OH is 1. The van der Waals surface area contributed by atoms with Crippen LogP contribution in [0.5, 0.6) is 11.5 Å². The van der Waals surface area contributed by atoms with Gasteiger partial charge < -0.3 is 24.6 Å². The Morgan fingerprint density at radius 3 is 2.48 bits per heavy atom. The largest absolute Gasteiger partial charge is 0.486 e. The minimum absolute atomic E-state index is 0.112. The van der Waals surface area contributed by atoms with Crippen LogP contribution in [0.25, 0.3) is 0 Å². The first-order chi connectivity index (χ1) is 15.1. The Morgan fingerprint density at radius 1 is 1.03 bits per heavy atom. The van der Waals surface area contributed by atoms with E-state index in [9.17, 15) is 9.90 Å². The number of fused-ring (bicyclic) bond motifs is 1. The fourth-order valence-corrected chi connectivity index (χ4v) is 3.91. The zero-order valence-corrected chi connectivity index (χ0v) is 17.9. The van der Waals surface area contributed by atoms with Gasteiger partial charge in [0.05, 0.1) is 25.7 Å². The molecule has 0 bridgehead atoms. The zero-order chi connectivity index (χ0) is 21.6. The topological polar surface area (TPSA) is 80.3 Å². The van der Waals surface area contributed by atoms with Gasteiger partial charge >= 0.3 is 0 Å². The summed E-state index contributed by atoms with van der Waals surface area (Å²) in [6, 6.07) is 12.9. The van der Waals surface area contributed by atoms with Crippen molar-refractivity contribution in [2.75, 3.05) is 46.1 Å². The second-order valence-electron chi connectivity index (χ2n) is 8.10. The van der Waals surface area contributed by atoms with E-state index in [1.54, 1.807) is 6.07 Å². The van der Waals surface area contributed by atoms with Gasteiger partial charge in [0.2, 0.25) is 5.91 Å². The highest BCUT2D eigenvalue weighted by molar-refractivity contribution is 5.79. The summed E-state index contributed by atoms with van der Waals surface area (Å²) in [4.78, 5) is 15.0. The molecule has 0 radical (unpaired) electrons. The minimum Gasteiger partial charge on any atom is -0.486 e. The van der Waals surface area contributed by atoms with Crippen LogP contribution in [-0.2, 0) is 16.0 Å². The molecule has 7 heteroatoms. The number of benzene rings is 2. The predicted octanol–water partition coefficient (Wildman–Crippen LogP) is 1.86. The van der Waals surface area contributed by atoms with E-state index < -0.39 is 12.1 Å². The van der Waals surface area contributed by atoms with E-state index in [1.165, 1.54) is 0 Å². The fourth-order valence-electron chi connectivity index (χ4n) is 3.91. The second kappa shape index (κ2) is 10.1. The number of nitrogens with one attached hydrogen (secondary N) is 1. The summed E-state index contributed by atoms with van der Waals surface area (Å²) >= 11 is 0. The molecule has 0 saturated carbocycles. The monoisotopic (exact) mass is 426 g/mol. The molecule has 31 heavy (non-hydrogen) atoms. The van der Waals surface area contributed by atoms with Gasteiger partial charge in [0.25, 0.3) is 0 Å². The lowest BCUT2D eigenvalue weighted by atomic mass is 10.00. The van der Waals surface area contributed by atoms with E-state index in [1.807, 2.05) is 43.3 Å². The molecule has 1 amide bonds. The van der Waals surface area contributed by atoms with Crippen molar-refractivity contribution in [2.45, 2.75) is 25.5 Å². The molecule has 2 aliphatic rings. The lowest BCUT2D eigenvalue weighted by Crippen LogP contribution is -2.50. The molecule has 2 heterocycles. The van der Waals surface area contributed by atoms with Gasteiger partial charge in [0.15, 0.2) is 11.5 Å². The number of morpholine rings is 1. The van der Waals surface area contributed by atoms with Gasteiger partial charge in [-0.25, -0.2) is 0 Å². The third kappa shape index (κ3) is 5.76. The Kier molecular flexibility index (Phi) is 7.06. The molecule has 0 spiro atoms. The van der Waals surface area contributed by atoms with Crippen molar-refractivity contribution in [1.82, 2.24) is 10.2 Å². The first-order valence-electron chi connectivity index (χ1n) is 10.8. The number of aliphatic hydroxyl groups is 1. The summed E-state index contributed by atoms with van der Waals surface area (Å²) in [5.41, 5.74) is 2.79. The molecule has 1 fully saturated rings. The Morgan fingerprint density at radius 2 is 1.74 bits per heavy atom. The van der Waals surface area contributed by atoms with Gasteiger partial charge in [-0.3, -0.25) is 9.69 Å². The number of rotatable bonds is 7. The van der Waals surface area contributed by atoms with Crippen LogP contribution in [0.3, 0.4) is 0 Å². The van der Waals surface area contributed by atoms with Gasteiger partial charge in [-0.1, -0.05) is 35.9 Å². The standard InChI is InChI=1S/C24H30N2O5/c1-17-2-4-18(5-3-17)14-23(27)25-20(16-26-8-10-29-11-9-26)24(28)19-6-7-21-22(15-19)31-13-12-30-21/h2-7,15,20,24,28H,8-14,16H2,1H3,(H,25,27)/t20-,24-/m1/s1. The molecule has 0 aromatic heterocycles. The number of nitrogens with zero attached hydrogens (tertiary/aromatic N) is 1. The Hall–Kier alpha value is -2.61. The molecule has 1 saturated heterocycles. The summed E-state index contributed by atoms with van der Waals surface area (Å²) < 4.78 is 16.7. The van der Waals surface area contributed by atoms with Crippen LogP contribution in [-0.4, -0.2) is 68.0 Å². The third-order valence-electron chi connectivity index (χ3n) is 5.68. The van der Waals surface area contributed by atoms with Gasteiger partial charge in [0, 0.05) is 19.6 Å². The molecule has 2 aliphatic heterocycles. The maximum atomic E-state index is 12.8. The summed E-state index contributed by atoms with van der Waals surface area (Å²) in [6.45, 7) is 6.43. The summed E-state index contributed by atoms with van der Waals surface area (Å²) in [6.07, 6.45) is -0.603. The quantitative estimate of drug-likeness (QED) is 0.704. The lowest BCUT2D eigenvalue weighted by Gasteiger charge is -2.33. The van der Waals surface area contributed by atoms with Crippen molar-refractivity contribution in [3.05, 3.63) is 59.2 Å². The summed E-state index contributed by atoms with van der Waals surface area (Å²) in [5, 5.41) is 14.3. The van der Waals surface area contributed by atoms with Crippen LogP contribution in [0.4, 0.5) is 0 Å². The van der Waals surface area contributed by atoms with Crippen LogP contribution in [0.1, 0.15) is 22.8 Å². The number of hydrogen-bond donors (Lipinski definition) is 2. The molecule has 2 aromatic carbocycles. The van der Waals surface area contributed by atoms with Gasteiger partial charge in [-0.15, -0.1) is 0 Å². The van der Waals surface area contributed by atoms with E-state index in [0.29, 0.717) is 50.0 Å². The number of aryl methyl sites for hydroxylation is 1. The molecule has 2 atom stereocenters. The van der Waals surface area contributed by atoms with E-state index in [4.69, 9.17) is 14.2 Å². The number of ether oxygens (including phenoxy) is 3. The Labute approximate surface area is 182 Å². The molecule has 7 nitrogen and oxygen atoms in total. The smallest absolute Gasteiger partial charge is 0.224 e. The average Bonchev–Trinajstić information content (AvgIpc) is 2.80. The van der Waals surface area contributed by atoms with Crippen LogP contribution in [0, 0.1) is 6.92 Å². The fraction of sp³-hybridized carbons (Fsp3) is 0.458. The molecule has 2 N–H and O–H groups in total. The highest BCUT2D eigenvalue weighted by Gasteiger charge is 2.27. The van der Waals surface area contributed by atoms with Crippen molar-refractivity contribution in [1.29, 1.82) is 0 Å². The molecule has 2 aromatic rings. The number of carbonyl (C=O) groups excluding carboxylic acids is 1. The molecule has 166 valence electrons. The van der Waals surface area contributed by atoms with E-state index >= 15 is 0 Å². The summed E-state index contributed by atoms with van der Waals surface area (Å²) in [5.74, 6) is 1.19. The van der Waals surface area contributed by atoms with Crippen LogP contribution in [0.2, 0.25) is 0 Å². The van der Waals surface area contributed by atoms with Crippen molar-refractivity contribution in [2.24, 2.45) is 0 Å². The highest BCUT2D eigenvalue weighted by Crippen LogP contribution is 2.33. The molecular formula is C24H30N2O5. The molecule has 4 rings (SSSR count).